The lowest BCUT2D eigenvalue weighted by atomic mass is 10.2. The number of aromatic nitrogens is 1. The molecule has 0 unspecified atom stereocenters. The molecule has 10 heteroatoms. The molecule has 170 valence electrons. The summed E-state index contributed by atoms with van der Waals surface area (Å²) in [4.78, 5) is 10.4. The lowest BCUT2D eigenvalue weighted by Crippen LogP contribution is -2.48. The summed E-state index contributed by atoms with van der Waals surface area (Å²) in [6.45, 7) is 4.20. The third-order valence-electron chi connectivity index (χ3n) is 5.26. The van der Waals surface area contributed by atoms with Gasteiger partial charge in [0.2, 0.25) is 22.2 Å². The molecular formula is C22H29N7O2S. The molecule has 0 radical (unpaired) electrons. The third kappa shape index (κ3) is 7.02. The van der Waals surface area contributed by atoms with Gasteiger partial charge >= 0.3 is 0 Å². The molecule has 32 heavy (non-hydrogen) atoms. The predicted molar refractivity (Wildman–Crippen MR) is 124 cm³/mol. The second kappa shape index (κ2) is 12.1. The van der Waals surface area contributed by atoms with Crippen LogP contribution in [-0.4, -0.2) is 67.8 Å². The average molecular weight is 456 g/mol. The van der Waals surface area contributed by atoms with Crippen LogP contribution in [0.1, 0.15) is 19.3 Å². The van der Waals surface area contributed by atoms with Gasteiger partial charge in [0.15, 0.2) is 0 Å². The highest BCUT2D eigenvalue weighted by molar-refractivity contribution is 7.89. The Kier molecular flexibility index (Phi) is 8.98. The van der Waals surface area contributed by atoms with E-state index in [0.717, 1.165) is 44.6 Å². The minimum atomic E-state index is -3.40. The molecule has 0 spiro atoms. The summed E-state index contributed by atoms with van der Waals surface area (Å²) in [6.07, 6.45) is 8.16. The summed E-state index contributed by atoms with van der Waals surface area (Å²) >= 11 is 0. The zero-order valence-corrected chi connectivity index (χ0v) is 18.8. The number of guanidine groups is 1. The minimum Gasteiger partial charge on any atom is -0.355 e. The number of nitrogens with zero attached hydrogens (tertiary/aromatic N) is 5. The molecule has 1 saturated heterocycles. The van der Waals surface area contributed by atoms with Gasteiger partial charge < -0.3 is 15.5 Å². The maximum Gasteiger partial charge on any atom is 0.243 e. The first kappa shape index (κ1) is 23.7. The molecule has 1 aliphatic heterocycles. The van der Waals surface area contributed by atoms with Crippen molar-refractivity contribution in [2.75, 3.05) is 44.6 Å². The van der Waals surface area contributed by atoms with Gasteiger partial charge in [0.05, 0.1) is 4.90 Å². The van der Waals surface area contributed by atoms with E-state index < -0.39 is 10.0 Å². The van der Waals surface area contributed by atoms with E-state index >= 15 is 0 Å². The fraction of sp³-hybridized carbons (Fsp3) is 0.409. The van der Waals surface area contributed by atoms with Crippen LogP contribution in [0.5, 0.6) is 0 Å². The smallest absolute Gasteiger partial charge is 0.243 e. The van der Waals surface area contributed by atoms with Crippen LogP contribution in [-0.2, 0) is 10.0 Å². The first-order valence-corrected chi connectivity index (χ1v) is 12.2. The van der Waals surface area contributed by atoms with Crippen LogP contribution in [0.3, 0.4) is 0 Å². The summed E-state index contributed by atoms with van der Waals surface area (Å²) in [7, 11) is -3.40. The molecule has 2 heterocycles. The maximum atomic E-state index is 12.7. The first-order valence-electron chi connectivity index (χ1n) is 10.7. The molecule has 1 fully saturated rings. The van der Waals surface area contributed by atoms with E-state index in [4.69, 9.17) is 5.26 Å². The quantitative estimate of drug-likeness (QED) is 0.258. The zero-order chi connectivity index (χ0) is 22.7. The van der Waals surface area contributed by atoms with E-state index in [1.165, 1.54) is 0 Å². The van der Waals surface area contributed by atoms with Gasteiger partial charge in [-0.05, 0) is 43.7 Å². The Morgan fingerprint density at radius 3 is 2.44 bits per heavy atom. The van der Waals surface area contributed by atoms with Crippen LogP contribution in [0.4, 0.5) is 5.69 Å². The van der Waals surface area contributed by atoms with Crippen molar-refractivity contribution in [1.29, 1.82) is 5.26 Å². The van der Waals surface area contributed by atoms with Gasteiger partial charge in [-0.2, -0.15) is 9.57 Å². The van der Waals surface area contributed by atoms with E-state index in [1.54, 1.807) is 59.3 Å². The van der Waals surface area contributed by atoms with E-state index in [0.29, 0.717) is 30.5 Å². The lowest BCUT2D eigenvalue weighted by Gasteiger charge is -2.34. The number of unbranched alkanes of at least 4 members (excludes halogenated alkanes) is 2. The van der Waals surface area contributed by atoms with E-state index in [2.05, 4.69) is 25.5 Å². The van der Waals surface area contributed by atoms with Gasteiger partial charge in [0, 0.05) is 50.8 Å². The van der Waals surface area contributed by atoms with Crippen molar-refractivity contribution in [3.8, 4) is 6.19 Å². The zero-order valence-electron chi connectivity index (χ0n) is 18.0. The maximum absolute atomic E-state index is 12.7. The number of pyridine rings is 1. The number of benzene rings is 1. The van der Waals surface area contributed by atoms with Crippen LogP contribution in [0.25, 0.3) is 0 Å². The molecular weight excluding hydrogens is 426 g/mol. The lowest BCUT2D eigenvalue weighted by molar-refractivity contribution is 0.185. The largest absolute Gasteiger partial charge is 0.355 e. The molecule has 1 aromatic carbocycles. The van der Waals surface area contributed by atoms with Crippen LogP contribution >= 0.6 is 0 Å². The summed E-state index contributed by atoms with van der Waals surface area (Å²) in [6, 6.07) is 12.2. The normalized spacial score (nSPS) is 15.8. The summed E-state index contributed by atoms with van der Waals surface area (Å²) < 4.78 is 27.0. The van der Waals surface area contributed by atoms with Crippen molar-refractivity contribution >= 4 is 21.7 Å². The molecule has 3 rings (SSSR count). The number of aliphatic imine (C=N–C) groups is 1. The number of anilines is 1. The van der Waals surface area contributed by atoms with Gasteiger partial charge in [-0.25, -0.2) is 8.42 Å². The fourth-order valence-corrected chi connectivity index (χ4v) is 4.96. The van der Waals surface area contributed by atoms with Crippen molar-refractivity contribution in [1.82, 2.24) is 19.5 Å². The Morgan fingerprint density at radius 2 is 1.75 bits per heavy atom. The molecule has 0 amide bonds. The molecule has 9 nitrogen and oxygen atoms in total. The Labute approximate surface area is 189 Å². The standard InChI is InChI=1S/C22H29N7O2S/c23-19-26-22(27-20-9-12-24-13-10-20)25-11-5-2-6-14-28-15-17-29(18-16-28)32(30,31)21-7-3-1-4-8-21/h1,3-4,7-10,12-13H,2,5-6,11,14-18H2,(H2,24,25,26,27). The minimum absolute atomic E-state index is 0.360. The topological polar surface area (TPSA) is 114 Å². The first-order chi connectivity index (χ1) is 15.6. The Hall–Kier alpha value is -3.00. The van der Waals surface area contributed by atoms with Crippen molar-refractivity contribution in [2.45, 2.75) is 24.2 Å². The van der Waals surface area contributed by atoms with Gasteiger partial charge in [-0.15, -0.1) is 4.99 Å². The van der Waals surface area contributed by atoms with E-state index in [-0.39, 0.29) is 0 Å². The highest BCUT2D eigenvalue weighted by Gasteiger charge is 2.27. The third-order valence-corrected chi connectivity index (χ3v) is 7.17. The number of nitriles is 1. The summed E-state index contributed by atoms with van der Waals surface area (Å²) in [5.74, 6) is 0.425. The molecule has 0 atom stereocenters. The molecule has 0 bridgehead atoms. The number of piperazine rings is 1. The highest BCUT2D eigenvalue weighted by atomic mass is 32.2. The van der Waals surface area contributed by atoms with Crippen LogP contribution in [0.2, 0.25) is 0 Å². The highest BCUT2D eigenvalue weighted by Crippen LogP contribution is 2.17. The summed E-state index contributed by atoms with van der Waals surface area (Å²) in [5, 5.41) is 15.1. The van der Waals surface area contributed by atoms with Crippen LogP contribution in [0, 0.1) is 11.5 Å². The van der Waals surface area contributed by atoms with Crippen molar-refractivity contribution < 1.29 is 8.42 Å². The Morgan fingerprint density at radius 1 is 1.03 bits per heavy atom. The number of hydrogen-bond acceptors (Lipinski definition) is 6. The second-order valence-electron chi connectivity index (χ2n) is 7.47. The Balaban J connectivity index is 1.31. The van der Waals surface area contributed by atoms with Crippen molar-refractivity contribution in [3.63, 3.8) is 0 Å². The fourth-order valence-electron chi connectivity index (χ4n) is 3.51. The Bertz CT molecular complexity index is 1000. The number of rotatable bonds is 9. The second-order valence-corrected chi connectivity index (χ2v) is 9.41. The van der Waals surface area contributed by atoms with Gasteiger partial charge in [-0.1, -0.05) is 24.6 Å². The van der Waals surface area contributed by atoms with E-state index in [1.807, 2.05) is 6.07 Å². The number of nitrogens with one attached hydrogen (secondary N) is 2. The number of hydrogen-bond donors (Lipinski definition) is 2. The van der Waals surface area contributed by atoms with Crippen molar-refractivity contribution in [2.24, 2.45) is 4.99 Å². The van der Waals surface area contributed by atoms with Gasteiger partial charge in [0.25, 0.3) is 0 Å². The average Bonchev–Trinajstić information content (AvgIpc) is 2.83. The monoisotopic (exact) mass is 455 g/mol. The van der Waals surface area contributed by atoms with E-state index in [9.17, 15) is 8.42 Å². The molecule has 0 saturated carbocycles. The predicted octanol–water partition coefficient (Wildman–Crippen LogP) is 2.10. The molecule has 2 aromatic rings. The molecule has 0 aliphatic carbocycles. The molecule has 1 aromatic heterocycles. The SMILES string of the molecule is N#C/N=C(\NCCCCCN1CCN(S(=O)(=O)c2ccccc2)CC1)Nc1ccncc1. The number of sulfonamides is 1. The molecule has 2 N–H and O–H groups in total. The van der Waals surface area contributed by atoms with Crippen LogP contribution in [0.15, 0.2) is 64.7 Å². The van der Waals surface area contributed by atoms with Gasteiger partial charge in [-0.3, -0.25) is 4.98 Å². The van der Waals surface area contributed by atoms with Gasteiger partial charge in [0.1, 0.15) is 0 Å². The molecule has 1 aliphatic rings. The van der Waals surface area contributed by atoms with Crippen molar-refractivity contribution in [3.05, 3.63) is 54.9 Å². The summed E-state index contributed by atoms with van der Waals surface area (Å²) in [5.41, 5.74) is 0.815. The van der Waals surface area contributed by atoms with Crippen LogP contribution < -0.4 is 10.6 Å².